The lowest BCUT2D eigenvalue weighted by atomic mass is 10.1. The molecule has 2 aliphatic rings. The molecule has 9 heteroatoms. The Morgan fingerprint density at radius 1 is 1.29 bits per heavy atom. The quantitative estimate of drug-likeness (QED) is 0.657. The molecule has 2 aliphatic heterocycles. The highest BCUT2D eigenvalue weighted by Gasteiger charge is 2.38. The number of methoxy groups -OCH3 is 1. The van der Waals surface area contributed by atoms with Crippen LogP contribution in [0, 0.1) is 0 Å². The standard InChI is InChI=1S/C19H28N4O5/c1-13(24)23-8-6-22(7-9-23)11-17-18(25)16(12-28-17)21-19(26)20-14-4-3-5-15(10-14)27-2/h3-5,10,16-18,25H,6-9,11-12H2,1-2H3,(H2,20,21,26). The molecule has 3 rings (SSSR count). The number of benzene rings is 1. The summed E-state index contributed by atoms with van der Waals surface area (Å²) >= 11 is 0. The van der Waals surface area contributed by atoms with E-state index in [2.05, 4.69) is 15.5 Å². The molecule has 0 saturated carbocycles. The van der Waals surface area contributed by atoms with Gasteiger partial charge in [-0.05, 0) is 12.1 Å². The summed E-state index contributed by atoms with van der Waals surface area (Å²) in [4.78, 5) is 27.6. The van der Waals surface area contributed by atoms with Gasteiger partial charge in [0.05, 0.1) is 25.9 Å². The van der Waals surface area contributed by atoms with Gasteiger partial charge < -0.3 is 30.1 Å². The largest absolute Gasteiger partial charge is 0.497 e. The fourth-order valence-electron chi connectivity index (χ4n) is 3.51. The van der Waals surface area contributed by atoms with Crippen LogP contribution in [-0.2, 0) is 9.53 Å². The minimum atomic E-state index is -0.790. The van der Waals surface area contributed by atoms with E-state index in [-0.39, 0.29) is 18.6 Å². The van der Waals surface area contributed by atoms with Crippen molar-refractivity contribution in [2.45, 2.75) is 25.2 Å². The van der Waals surface area contributed by atoms with Crippen LogP contribution in [0.2, 0.25) is 0 Å². The normalized spacial score (nSPS) is 25.4. The van der Waals surface area contributed by atoms with Crippen molar-refractivity contribution in [1.29, 1.82) is 0 Å². The van der Waals surface area contributed by atoms with Gasteiger partial charge in [0.1, 0.15) is 11.9 Å². The zero-order valence-corrected chi connectivity index (χ0v) is 16.3. The van der Waals surface area contributed by atoms with Crippen molar-refractivity contribution in [2.75, 3.05) is 51.8 Å². The minimum Gasteiger partial charge on any atom is -0.497 e. The molecule has 3 unspecified atom stereocenters. The van der Waals surface area contributed by atoms with Crippen molar-refractivity contribution in [3.05, 3.63) is 24.3 Å². The van der Waals surface area contributed by atoms with E-state index in [0.29, 0.717) is 31.1 Å². The van der Waals surface area contributed by atoms with Gasteiger partial charge >= 0.3 is 6.03 Å². The zero-order chi connectivity index (χ0) is 20.1. The molecular weight excluding hydrogens is 364 g/mol. The predicted octanol–water partition coefficient (Wildman–Crippen LogP) is 0.109. The summed E-state index contributed by atoms with van der Waals surface area (Å²) in [6.45, 7) is 5.27. The lowest BCUT2D eigenvalue weighted by Gasteiger charge is -2.35. The number of nitrogens with one attached hydrogen (secondary N) is 2. The van der Waals surface area contributed by atoms with E-state index in [1.165, 1.54) is 0 Å². The van der Waals surface area contributed by atoms with E-state index >= 15 is 0 Å². The van der Waals surface area contributed by atoms with E-state index in [9.17, 15) is 14.7 Å². The van der Waals surface area contributed by atoms with Gasteiger partial charge in [0, 0.05) is 51.4 Å². The average Bonchev–Trinajstić information content (AvgIpc) is 3.02. The van der Waals surface area contributed by atoms with Crippen LogP contribution < -0.4 is 15.4 Å². The number of carbonyl (C=O) groups excluding carboxylic acids is 2. The van der Waals surface area contributed by atoms with Crippen LogP contribution in [0.5, 0.6) is 5.75 Å². The summed E-state index contributed by atoms with van der Waals surface area (Å²) in [5.41, 5.74) is 0.602. The van der Waals surface area contributed by atoms with Crippen molar-refractivity contribution >= 4 is 17.6 Å². The maximum atomic E-state index is 12.2. The van der Waals surface area contributed by atoms with Crippen molar-refractivity contribution in [3.63, 3.8) is 0 Å². The van der Waals surface area contributed by atoms with Gasteiger partial charge in [-0.2, -0.15) is 0 Å². The van der Waals surface area contributed by atoms with Gasteiger partial charge in [0.2, 0.25) is 5.91 Å². The Hall–Kier alpha value is -2.36. The lowest BCUT2D eigenvalue weighted by Crippen LogP contribution is -2.52. The number of rotatable bonds is 5. The van der Waals surface area contributed by atoms with Crippen LogP contribution in [0.4, 0.5) is 10.5 Å². The number of anilines is 1. The summed E-state index contributed by atoms with van der Waals surface area (Å²) in [6.07, 6.45) is -1.16. The Balaban J connectivity index is 1.45. The summed E-state index contributed by atoms with van der Waals surface area (Å²) in [7, 11) is 1.56. The molecule has 0 aliphatic carbocycles. The highest BCUT2D eigenvalue weighted by Crippen LogP contribution is 2.19. The summed E-state index contributed by atoms with van der Waals surface area (Å²) in [5.74, 6) is 0.732. The maximum Gasteiger partial charge on any atom is 0.319 e. The van der Waals surface area contributed by atoms with Crippen LogP contribution in [-0.4, -0.2) is 91.5 Å². The topological polar surface area (TPSA) is 103 Å². The van der Waals surface area contributed by atoms with Crippen molar-refractivity contribution in [1.82, 2.24) is 15.1 Å². The minimum absolute atomic E-state index is 0.0862. The summed E-state index contributed by atoms with van der Waals surface area (Å²) in [5, 5.41) is 16.0. The maximum absolute atomic E-state index is 12.2. The molecule has 0 radical (unpaired) electrons. The van der Waals surface area contributed by atoms with Crippen molar-refractivity contribution in [2.24, 2.45) is 0 Å². The molecule has 2 heterocycles. The van der Waals surface area contributed by atoms with Crippen LogP contribution in [0.15, 0.2) is 24.3 Å². The first kappa shape index (κ1) is 20.4. The summed E-state index contributed by atoms with van der Waals surface area (Å²) < 4.78 is 10.8. The van der Waals surface area contributed by atoms with Crippen LogP contribution >= 0.6 is 0 Å². The number of hydrogen-bond donors (Lipinski definition) is 3. The number of ether oxygens (including phenoxy) is 2. The number of piperazine rings is 1. The third-order valence-electron chi connectivity index (χ3n) is 5.18. The van der Waals surface area contributed by atoms with Crippen molar-refractivity contribution in [3.8, 4) is 5.75 Å². The Morgan fingerprint density at radius 3 is 2.71 bits per heavy atom. The highest BCUT2D eigenvalue weighted by molar-refractivity contribution is 5.89. The number of urea groups is 1. The molecule has 3 N–H and O–H groups in total. The molecule has 2 fully saturated rings. The molecule has 28 heavy (non-hydrogen) atoms. The van der Waals surface area contributed by atoms with Gasteiger partial charge in [0.15, 0.2) is 0 Å². The fraction of sp³-hybridized carbons (Fsp3) is 0.579. The number of amides is 3. The molecule has 0 spiro atoms. The predicted molar refractivity (Wildman–Crippen MR) is 103 cm³/mol. The molecule has 3 atom stereocenters. The molecule has 154 valence electrons. The van der Waals surface area contributed by atoms with E-state index in [0.717, 1.165) is 13.1 Å². The number of aliphatic hydroxyl groups is 1. The average molecular weight is 392 g/mol. The molecule has 1 aromatic rings. The second-order valence-electron chi connectivity index (χ2n) is 7.11. The van der Waals surface area contributed by atoms with Crippen LogP contribution in [0.3, 0.4) is 0 Å². The van der Waals surface area contributed by atoms with E-state index in [1.807, 2.05) is 4.90 Å². The van der Waals surface area contributed by atoms with Gasteiger partial charge in [-0.1, -0.05) is 6.07 Å². The highest BCUT2D eigenvalue weighted by atomic mass is 16.5. The Bertz CT molecular complexity index is 693. The molecule has 1 aromatic carbocycles. The zero-order valence-electron chi connectivity index (χ0n) is 16.3. The second kappa shape index (κ2) is 9.22. The molecule has 3 amide bonds. The van der Waals surface area contributed by atoms with Gasteiger partial charge in [-0.3, -0.25) is 9.69 Å². The van der Waals surface area contributed by atoms with E-state index in [1.54, 1.807) is 38.3 Å². The molecule has 0 aromatic heterocycles. The Morgan fingerprint density at radius 2 is 2.04 bits per heavy atom. The van der Waals surface area contributed by atoms with Crippen LogP contribution in [0.1, 0.15) is 6.92 Å². The third kappa shape index (κ3) is 5.12. The SMILES string of the molecule is COc1cccc(NC(=O)NC2COC(CN3CCN(C(C)=O)CC3)C2O)c1. The summed E-state index contributed by atoms with van der Waals surface area (Å²) in [6, 6.07) is 6.16. The number of nitrogens with zero attached hydrogens (tertiary/aromatic N) is 2. The third-order valence-corrected chi connectivity index (χ3v) is 5.18. The Labute approximate surface area is 164 Å². The first-order chi connectivity index (χ1) is 13.5. The van der Waals surface area contributed by atoms with Gasteiger partial charge in [0.25, 0.3) is 0 Å². The molecule has 9 nitrogen and oxygen atoms in total. The molecule has 0 bridgehead atoms. The first-order valence-corrected chi connectivity index (χ1v) is 9.45. The van der Waals surface area contributed by atoms with E-state index < -0.39 is 18.2 Å². The number of carbonyl (C=O) groups is 2. The van der Waals surface area contributed by atoms with E-state index in [4.69, 9.17) is 9.47 Å². The monoisotopic (exact) mass is 392 g/mol. The Kier molecular flexibility index (Phi) is 6.71. The molecule has 2 saturated heterocycles. The number of hydrogen-bond acceptors (Lipinski definition) is 6. The fourth-order valence-corrected chi connectivity index (χ4v) is 3.51. The first-order valence-electron chi connectivity index (χ1n) is 9.45. The number of aliphatic hydroxyl groups excluding tert-OH is 1. The van der Waals surface area contributed by atoms with Crippen LogP contribution in [0.25, 0.3) is 0 Å². The second-order valence-corrected chi connectivity index (χ2v) is 7.11. The lowest BCUT2D eigenvalue weighted by molar-refractivity contribution is -0.130. The van der Waals surface area contributed by atoms with Crippen molar-refractivity contribution < 1.29 is 24.2 Å². The van der Waals surface area contributed by atoms with Gasteiger partial charge in [-0.25, -0.2) is 4.79 Å². The molecular formula is C19H28N4O5. The smallest absolute Gasteiger partial charge is 0.319 e. The van der Waals surface area contributed by atoms with Gasteiger partial charge in [-0.15, -0.1) is 0 Å².